The lowest BCUT2D eigenvalue weighted by Crippen LogP contribution is -2.34. The van der Waals surface area contributed by atoms with Gasteiger partial charge in [0.05, 0.1) is 17.5 Å². The lowest BCUT2D eigenvalue weighted by Gasteiger charge is -2.16. The lowest BCUT2D eigenvalue weighted by atomic mass is 10.0. The van der Waals surface area contributed by atoms with Gasteiger partial charge in [0.25, 0.3) is 0 Å². The minimum atomic E-state index is -5.02. The van der Waals surface area contributed by atoms with Gasteiger partial charge in [0.2, 0.25) is 5.91 Å². The van der Waals surface area contributed by atoms with E-state index in [1.54, 1.807) is 13.0 Å². The van der Waals surface area contributed by atoms with Gasteiger partial charge in [0.15, 0.2) is 17.5 Å². The molecule has 9 heteroatoms. The van der Waals surface area contributed by atoms with E-state index in [4.69, 9.17) is 11.3 Å². The molecule has 1 saturated carbocycles. The molecule has 0 unspecified atom stereocenters. The Morgan fingerprint density at radius 1 is 1.37 bits per heavy atom. The number of halogens is 5. The second-order valence-corrected chi connectivity index (χ2v) is 6.57. The van der Waals surface area contributed by atoms with E-state index in [1.165, 1.54) is 12.2 Å². The lowest BCUT2D eigenvalue weighted by molar-refractivity contribution is -0.138. The van der Waals surface area contributed by atoms with E-state index in [-0.39, 0.29) is 18.9 Å². The van der Waals surface area contributed by atoms with Crippen LogP contribution in [0.4, 0.5) is 22.0 Å². The number of nitrogens with zero attached hydrogens (tertiary/aromatic N) is 1. The highest BCUT2D eigenvalue weighted by atomic mass is 19.4. The van der Waals surface area contributed by atoms with E-state index in [2.05, 4.69) is 16.4 Å². The third-order valence-electron chi connectivity index (χ3n) is 4.07. The first-order chi connectivity index (χ1) is 14.2. The average Bonchev–Trinajstić information content (AvgIpc) is 3.47. The second kappa shape index (κ2) is 10.1. The normalized spacial score (nSPS) is 15.2. The van der Waals surface area contributed by atoms with E-state index in [1.807, 2.05) is 0 Å². The predicted octanol–water partition coefficient (Wildman–Crippen LogP) is 4.71. The van der Waals surface area contributed by atoms with Crippen LogP contribution in [0.25, 0.3) is 0 Å². The van der Waals surface area contributed by atoms with Crippen LogP contribution in [-0.2, 0) is 15.8 Å². The molecular formula is C21H19F5N2O2. The van der Waals surface area contributed by atoms with Crippen LogP contribution in [-0.4, -0.2) is 18.3 Å². The van der Waals surface area contributed by atoms with Gasteiger partial charge in [-0.2, -0.15) is 13.2 Å². The van der Waals surface area contributed by atoms with Crippen molar-refractivity contribution in [1.29, 1.82) is 0 Å². The van der Waals surface area contributed by atoms with Crippen LogP contribution in [0.5, 0.6) is 0 Å². The monoisotopic (exact) mass is 426 g/mol. The molecule has 0 aliphatic heterocycles. The van der Waals surface area contributed by atoms with Gasteiger partial charge < -0.3 is 10.2 Å². The molecule has 0 heterocycles. The summed E-state index contributed by atoms with van der Waals surface area (Å²) in [6.45, 7) is 1.76. The summed E-state index contributed by atoms with van der Waals surface area (Å²) in [5, 5.41) is 5.58. The summed E-state index contributed by atoms with van der Waals surface area (Å²) in [7, 11) is 0. The first-order valence-corrected chi connectivity index (χ1v) is 9.00. The molecule has 1 aliphatic carbocycles. The first kappa shape index (κ1) is 23.1. The molecule has 2 rings (SSSR count). The van der Waals surface area contributed by atoms with Gasteiger partial charge in [0.1, 0.15) is 6.61 Å². The Bertz CT molecular complexity index is 923. The summed E-state index contributed by atoms with van der Waals surface area (Å²) < 4.78 is 68.3. The summed E-state index contributed by atoms with van der Waals surface area (Å²) in [6.07, 6.45) is 6.00. The number of carbonyl (C=O) groups excluding carboxylic acids is 1. The first-order valence-electron chi connectivity index (χ1n) is 9.00. The van der Waals surface area contributed by atoms with Crippen molar-refractivity contribution >= 4 is 11.7 Å². The number of oxime groups is 1. The SMILES string of the molecule is C#C/C=C(\C=C/C)CC(=O)N/C(=N\OCC1CC1)c1c(C(F)(F)F)ccc(F)c1F. The molecule has 1 aromatic rings. The van der Waals surface area contributed by atoms with Gasteiger partial charge in [0, 0.05) is 0 Å². The van der Waals surface area contributed by atoms with Gasteiger partial charge in [-0.3, -0.25) is 4.79 Å². The van der Waals surface area contributed by atoms with Crippen molar-refractivity contribution in [1.82, 2.24) is 5.32 Å². The minimum Gasteiger partial charge on any atom is -0.394 e. The Kier molecular flexibility index (Phi) is 7.75. The average molecular weight is 426 g/mol. The Labute approximate surface area is 170 Å². The Morgan fingerprint density at radius 3 is 2.63 bits per heavy atom. The molecule has 4 nitrogen and oxygen atoms in total. The predicted molar refractivity (Wildman–Crippen MR) is 101 cm³/mol. The van der Waals surface area contributed by atoms with Crippen LogP contribution in [0.1, 0.15) is 37.3 Å². The molecule has 1 aromatic carbocycles. The molecule has 30 heavy (non-hydrogen) atoms. The quantitative estimate of drug-likeness (QED) is 0.171. The number of amidine groups is 1. The van der Waals surface area contributed by atoms with Gasteiger partial charge in [-0.15, -0.1) is 6.42 Å². The summed E-state index contributed by atoms with van der Waals surface area (Å²) in [5.74, 6) is -2.61. The summed E-state index contributed by atoms with van der Waals surface area (Å²) in [5.41, 5.74) is -2.35. The molecule has 0 saturated heterocycles. The number of hydrogen-bond donors (Lipinski definition) is 1. The number of nitrogens with one attached hydrogen (secondary N) is 1. The van der Waals surface area contributed by atoms with E-state index in [9.17, 15) is 26.7 Å². The maximum Gasteiger partial charge on any atom is 0.417 e. The smallest absolute Gasteiger partial charge is 0.394 e. The topological polar surface area (TPSA) is 50.7 Å². The summed E-state index contributed by atoms with van der Waals surface area (Å²) in [6, 6.07) is 0.728. The number of amides is 1. The van der Waals surface area contributed by atoms with Crippen molar-refractivity contribution in [3.63, 3.8) is 0 Å². The Balaban J connectivity index is 2.41. The maximum atomic E-state index is 14.4. The van der Waals surface area contributed by atoms with Crippen LogP contribution in [0.3, 0.4) is 0 Å². The molecule has 0 spiro atoms. The number of carbonyl (C=O) groups is 1. The van der Waals surface area contributed by atoms with Crippen LogP contribution in [0, 0.1) is 29.9 Å². The number of allylic oxidation sites excluding steroid dienone is 3. The Hall–Kier alpha value is -3.15. The molecule has 1 fully saturated rings. The van der Waals surface area contributed by atoms with Crippen molar-refractivity contribution in [2.45, 2.75) is 32.4 Å². The van der Waals surface area contributed by atoms with Gasteiger partial charge in [-0.05, 0) is 49.5 Å². The highest BCUT2D eigenvalue weighted by Gasteiger charge is 2.38. The molecule has 1 aliphatic rings. The molecule has 0 radical (unpaired) electrons. The third-order valence-corrected chi connectivity index (χ3v) is 4.07. The number of benzene rings is 1. The van der Waals surface area contributed by atoms with E-state index in [0.717, 1.165) is 12.8 Å². The third kappa shape index (κ3) is 6.44. The number of alkyl halides is 3. The highest BCUT2D eigenvalue weighted by Crippen LogP contribution is 2.34. The molecule has 0 aromatic heterocycles. The van der Waals surface area contributed by atoms with Crippen molar-refractivity contribution in [2.24, 2.45) is 11.1 Å². The van der Waals surface area contributed by atoms with E-state index < -0.39 is 40.7 Å². The van der Waals surface area contributed by atoms with Crippen LogP contribution in [0.15, 0.2) is 41.1 Å². The second-order valence-electron chi connectivity index (χ2n) is 6.57. The van der Waals surface area contributed by atoms with E-state index >= 15 is 0 Å². The zero-order valence-electron chi connectivity index (χ0n) is 16.0. The van der Waals surface area contributed by atoms with Crippen molar-refractivity contribution in [3.05, 3.63) is 58.7 Å². The number of rotatable bonds is 7. The molecule has 1 N–H and O–H groups in total. The fourth-order valence-corrected chi connectivity index (χ4v) is 2.48. The Morgan fingerprint density at radius 2 is 2.07 bits per heavy atom. The summed E-state index contributed by atoms with van der Waals surface area (Å²) in [4.78, 5) is 17.4. The maximum absolute atomic E-state index is 14.4. The molecule has 0 atom stereocenters. The standard InChI is InChI=1S/C21H19F5N2O2/c1-3-5-13(6-4-2)11-17(29)27-20(28-30-12-14-7-8-14)18-15(21(24,25)26)9-10-16(22)19(18)23/h1,4-6,9-10,14H,7-8,11-12H2,2H3,(H,27,28,29)/b6-4-,13-5+. The fraction of sp³-hybridized carbons (Fsp3) is 0.333. The molecule has 160 valence electrons. The molecule has 1 amide bonds. The number of hydrogen-bond acceptors (Lipinski definition) is 3. The highest BCUT2D eigenvalue weighted by molar-refractivity contribution is 6.09. The van der Waals surface area contributed by atoms with Crippen molar-refractivity contribution < 1.29 is 31.6 Å². The largest absolute Gasteiger partial charge is 0.417 e. The van der Waals surface area contributed by atoms with Crippen LogP contribution in [0.2, 0.25) is 0 Å². The van der Waals surface area contributed by atoms with Crippen LogP contribution >= 0.6 is 0 Å². The van der Waals surface area contributed by atoms with Gasteiger partial charge >= 0.3 is 6.18 Å². The zero-order chi connectivity index (χ0) is 22.3. The van der Waals surface area contributed by atoms with Gasteiger partial charge in [-0.1, -0.05) is 23.2 Å². The number of terminal acetylenes is 1. The molecule has 0 bridgehead atoms. The van der Waals surface area contributed by atoms with Crippen molar-refractivity contribution in [2.75, 3.05) is 6.61 Å². The molecular weight excluding hydrogens is 407 g/mol. The summed E-state index contributed by atoms with van der Waals surface area (Å²) >= 11 is 0. The van der Waals surface area contributed by atoms with Crippen LogP contribution < -0.4 is 5.32 Å². The minimum absolute atomic E-state index is 0.0818. The fourth-order valence-electron chi connectivity index (χ4n) is 2.48. The van der Waals surface area contributed by atoms with Crippen molar-refractivity contribution in [3.8, 4) is 12.3 Å². The zero-order valence-corrected chi connectivity index (χ0v) is 16.0. The van der Waals surface area contributed by atoms with Gasteiger partial charge in [-0.25, -0.2) is 8.78 Å². The van der Waals surface area contributed by atoms with E-state index in [0.29, 0.717) is 17.7 Å².